The molecule has 0 bridgehead atoms. The van der Waals surface area contributed by atoms with Crippen molar-refractivity contribution in [2.45, 2.75) is 39.0 Å². The third-order valence-electron chi connectivity index (χ3n) is 5.75. The average molecular weight is 511 g/mol. The zero-order valence-electron chi connectivity index (χ0n) is 20.0. The fraction of sp³-hybridized carbons (Fsp3) is 0.231. The number of nitrogens with one attached hydrogen (secondary N) is 2. The molecule has 2 aromatic heterocycles. The van der Waals surface area contributed by atoms with Crippen molar-refractivity contribution in [3.05, 3.63) is 71.7 Å². The maximum Gasteiger partial charge on any atom is 0.573 e. The van der Waals surface area contributed by atoms with E-state index in [-0.39, 0.29) is 18.1 Å². The summed E-state index contributed by atoms with van der Waals surface area (Å²) in [4.78, 5) is 21.0. The second-order valence-corrected chi connectivity index (χ2v) is 8.32. The zero-order valence-corrected chi connectivity index (χ0v) is 20.0. The predicted molar refractivity (Wildman–Crippen MR) is 135 cm³/mol. The predicted octanol–water partition coefficient (Wildman–Crippen LogP) is 5.23. The van der Waals surface area contributed by atoms with Crippen LogP contribution in [-0.4, -0.2) is 33.0 Å². The first kappa shape index (κ1) is 25.7. The van der Waals surface area contributed by atoms with Gasteiger partial charge >= 0.3 is 6.36 Å². The standard InChI is InChI=1S/C24H20F3N5O2.C2H5N/c25-24(26,27)34-17-10-6-15(7-11-17)31-20(33)12-14-4-8-16(9-5-14)32-19-3-1-2-18(19)21-22(32)23(28)30-13-29-21;1-2-3/h4-11,13H,1-3,12H2,(H,31,33)(H2,28,29,30);2-3H,1H3. The minimum absolute atomic E-state index is 0.108. The monoisotopic (exact) mass is 510 g/mol. The highest BCUT2D eigenvalue weighted by atomic mass is 19.4. The lowest BCUT2D eigenvalue weighted by Gasteiger charge is -2.12. The van der Waals surface area contributed by atoms with Gasteiger partial charge in [0.05, 0.1) is 11.9 Å². The largest absolute Gasteiger partial charge is 0.573 e. The number of hydrogen-bond donors (Lipinski definition) is 3. The molecule has 0 aliphatic heterocycles. The molecule has 0 saturated heterocycles. The SMILES string of the molecule is CC=N.Nc1ncnc2c3c(n(-c4ccc(CC(=O)Nc5ccc(OC(F)(F)F)cc5)cc4)c12)CCC3. The molecular formula is C26H25F3N6O2. The zero-order chi connectivity index (χ0) is 26.6. The van der Waals surface area contributed by atoms with Crippen LogP contribution in [0.4, 0.5) is 24.7 Å². The number of rotatable bonds is 5. The van der Waals surface area contributed by atoms with Gasteiger partial charge in [-0.3, -0.25) is 4.79 Å². The third-order valence-corrected chi connectivity index (χ3v) is 5.75. The highest BCUT2D eigenvalue weighted by Gasteiger charge is 2.31. The van der Waals surface area contributed by atoms with Gasteiger partial charge in [-0.25, -0.2) is 9.97 Å². The van der Waals surface area contributed by atoms with E-state index in [0.717, 1.165) is 53.7 Å². The molecule has 0 saturated carbocycles. The molecule has 1 aliphatic rings. The molecule has 2 heterocycles. The molecule has 0 fully saturated rings. The van der Waals surface area contributed by atoms with E-state index < -0.39 is 6.36 Å². The Kier molecular flexibility index (Phi) is 7.42. The molecular weight excluding hydrogens is 485 g/mol. The summed E-state index contributed by atoms with van der Waals surface area (Å²) in [6.45, 7) is 1.67. The summed E-state index contributed by atoms with van der Waals surface area (Å²) >= 11 is 0. The minimum atomic E-state index is -4.76. The first-order chi connectivity index (χ1) is 17.7. The van der Waals surface area contributed by atoms with Crippen LogP contribution in [0, 0.1) is 5.41 Å². The van der Waals surface area contributed by atoms with E-state index in [1.54, 1.807) is 6.92 Å². The number of aryl methyl sites for hydroxylation is 1. The fourth-order valence-corrected chi connectivity index (χ4v) is 4.38. The van der Waals surface area contributed by atoms with Crippen molar-refractivity contribution in [2.75, 3.05) is 11.1 Å². The lowest BCUT2D eigenvalue weighted by atomic mass is 10.1. The van der Waals surface area contributed by atoms with Gasteiger partial charge in [-0.15, -0.1) is 13.2 Å². The molecule has 8 nitrogen and oxygen atoms in total. The van der Waals surface area contributed by atoms with E-state index >= 15 is 0 Å². The van der Waals surface area contributed by atoms with Crippen molar-refractivity contribution < 1.29 is 22.7 Å². The molecule has 0 spiro atoms. The first-order valence-electron chi connectivity index (χ1n) is 11.5. The number of benzene rings is 2. The van der Waals surface area contributed by atoms with E-state index in [9.17, 15) is 18.0 Å². The molecule has 0 radical (unpaired) electrons. The topological polar surface area (TPSA) is 119 Å². The molecule has 4 aromatic rings. The summed E-state index contributed by atoms with van der Waals surface area (Å²) in [6, 6.07) is 12.6. The van der Waals surface area contributed by atoms with Crippen LogP contribution in [0.3, 0.4) is 0 Å². The van der Waals surface area contributed by atoms with Gasteiger partial charge in [-0.05, 0) is 79.9 Å². The van der Waals surface area contributed by atoms with Crippen molar-refractivity contribution in [3.8, 4) is 11.4 Å². The van der Waals surface area contributed by atoms with Crippen molar-refractivity contribution >= 4 is 34.7 Å². The van der Waals surface area contributed by atoms with E-state index in [1.165, 1.54) is 35.9 Å². The summed E-state index contributed by atoms with van der Waals surface area (Å²) in [7, 11) is 0. The Morgan fingerprint density at radius 3 is 2.46 bits per heavy atom. The Bertz CT molecular complexity index is 1410. The number of anilines is 2. The Morgan fingerprint density at radius 1 is 1.14 bits per heavy atom. The lowest BCUT2D eigenvalue weighted by Crippen LogP contribution is -2.17. The fourth-order valence-electron chi connectivity index (χ4n) is 4.38. The summed E-state index contributed by atoms with van der Waals surface area (Å²) in [5.41, 5.74) is 12.3. The molecule has 2 aromatic carbocycles. The van der Waals surface area contributed by atoms with Gasteiger partial charge in [0.1, 0.15) is 17.6 Å². The molecule has 0 unspecified atom stereocenters. The number of nitrogen functional groups attached to an aromatic ring is 1. The number of ether oxygens (including phenoxy) is 1. The molecule has 0 atom stereocenters. The van der Waals surface area contributed by atoms with Crippen molar-refractivity contribution in [1.82, 2.24) is 14.5 Å². The van der Waals surface area contributed by atoms with Crippen LogP contribution in [0.5, 0.6) is 5.75 Å². The number of nitrogens with zero attached hydrogens (tertiary/aromatic N) is 3. The van der Waals surface area contributed by atoms with Gasteiger partial charge in [-0.2, -0.15) is 0 Å². The van der Waals surface area contributed by atoms with Crippen LogP contribution in [0.1, 0.15) is 30.2 Å². The van der Waals surface area contributed by atoms with E-state index in [0.29, 0.717) is 11.5 Å². The highest BCUT2D eigenvalue weighted by Crippen LogP contribution is 2.36. The van der Waals surface area contributed by atoms with Crippen LogP contribution in [0.15, 0.2) is 54.9 Å². The average Bonchev–Trinajstić information content (AvgIpc) is 3.43. The molecule has 5 rings (SSSR count). The maximum atomic E-state index is 12.4. The molecule has 1 aliphatic carbocycles. The molecule has 4 N–H and O–H groups in total. The number of fused-ring (bicyclic) bond motifs is 3. The summed E-state index contributed by atoms with van der Waals surface area (Å²) in [6.07, 6.45) is 1.03. The van der Waals surface area contributed by atoms with Gasteiger partial charge in [0, 0.05) is 17.1 Å². The number of carbonyl (C=O) groups excluding carboxylic acids is 1. The smallest absolute Gasteiger partial charge is 0.406 e. The third kappa shape index (κ3) is 5.88. The van der Waals surface area contributed by atoms with Crippen LogP contribution in [-0.2, 0) is 24.1 Å². The van der Waals surface area contributed by atoms with E-state index in [4.69, 9.17) is 11.1 Å². The number of aromatic nitrogens is 3. The molecule has 37 heavy (non-hydrogen) atoms. The van der Waals surface area contributed by atoms with Crippen molar-refractivity contribution in [2.24, 2.45) is 0 Å². The van der Waals surface area contributed by atoms with Crippen LogP contribution in [0.2, 0.25) is 0 Å². The Balaban J connectivity index is 0.00000102. The number of carbonyl (C=O) groups is 1. The minimum Gasteiger partial charge on any atom is -0.406 e. The molecule has 192 valence electrons. The van der Waals surface area contributed by atoms with Crippen molar-refractivity contribution in [3.63, 3.8) is 0 Å². The number of alkyl halides is 3. The van der Waals surface area contributed by atoms with E-state index in [2.05, 4.69) is 24.6 Å². The van der Waals surface area contributed by atoms with Gasteiger partial charge in [0.2, 0.25) is 5.91 Å². The molecule has 1 amide bonds. The Morgan fingerprint density at radius 2 is 1.81 bits per heavy atom. The quantitative estimate of drug-likeness (QED) is 0.318. The van der Waals surface area contributed by atoms with Gasteiger partial charge in [-0.1, -0.05) is 12.1 Å². The Labute approximate surface area is 210 Å². The summed E-state index contributed by atoms with van der Waals surface area (Å²) in [5.74, 6) is -0.215. The van der Waals surface area contributed by atoms with Gasteiger partial charge in [0.25, 0.3) is 0 Å². The maximum absolute atomic E-state index is 12.4. The number of halogens is 3. The number of amides is 1. The Hall–Kier alpha value is -4.41. The van der Waals surface area contributed by atoms with Crippen LogP contribution in [0.25, 0.3) is 16.7 Å². The lowest BCUT2D eigenvalue weighted by molar-refractivity contribution is -0.274. The van der Waals surface area contributed by atoms with Crippen molar-refractivity contribution in [1.29, 1.82) is 5.41 Å². The van der Waals surface area contributed by atoms with Crippen LogP contribution >= 0.6 is 0 Å². The normalized spacial score (nSPS) is 12.4. The van der Waals surface area contributed by atoms with Crippen LogP contribution < -0.4 is 15.8 Å². The second kappa shape index (κ2) is 10.7. The summed E-state index contributed by atoms with van der Waals surface area (Å²) in [5, 5.41) is 8.76. The second-order valence-electron chi connectivity index (χ2n) is 8.32. The first-order valence-corrected chi connectivity index (χ1v) is 11.5. The summed E-state index contributed by atoms with van der Waals surface area (Å²) < 4.78 is 42.7. The highest BCUT2D eigenvalue weighted by molar-refractivity contribution is 5.93. The van der Waals surface area contributed by atoms with Gasteiger partial charge in [0.15, 0.2) is 5.82 Å². The van der Waals surface area contributed by atoms with E-state index in [1.807, 2.05) is 24.3 Å². The number of hydrogen-bond acceptors (Lipinski definition) is 6. The molecule has 11 heteroatoms. The number of nitrogens with two attached hydrogens (primary N) is 1. The van der Waals surface area contributed by atoms with Gasteiger partial charge < -0.3 is 25.8 Å².